The topological polar surface area (TPSA) is 24.5 Å². The lowest BCUT2D eigenvalue weighted by atomic mass is 10.0. The molecule has 64 valence electrons. The number of piperidine rings is 1. The standard InChI is InChI=1S/C8H16N2O/c1-9-7-2-3-10-4-5-11-8(7)6-10/h7-9H,2-6H2,1H3/t7-,8-/m1/s1. The molecule has 0 saturated carbocycles. The summed E-state index contributed by atoms with van der Waals surface area (Å²) >= 11 is 0. The van der Waals surface area contributed by atoms with Gasteiger partial charge in [0.2, 0.25) is 0 Å². The molecule has 0 spiro atoms. The molecule has 2 aliphatic heterocycles. The fourth-order valence-electron chi connectivity index (χ4n) is 2.02. The van der Waals surface area contributed by atoms with E-state index in [0.717, 1.165) is 19.7 Å². The Morgan fingerprint density at radius 2 is 2.36 bits per heavy atom. The van der Waals surface area contributed by atoms with Crippen molar-refractivity contribution in [1.82, 2.24) is 10.2 Å². The highest BCUT2D eigenvalue weighted by molar-refractivity contribution is 4.87. The van der Waals surface area contributed by atoms with Crippen LogP contribution in [0.15, 0.2) is 0 Å². The molecule has 2 fully saturated rings. The maximum atomic E-state index is 5.65. The molecule has 3 nitrogen and oxygen atoms in total. The molecule has 2 aliphatic rings. The van der Waals surface area contributed by atoms with Crippen molar-refractivity contribution in [1.29, 1.82) is 0 Å². The highest BCUT2D eigenvalue weighted by Crippen LogP contribution is 2.17. The fourth-order valence-corrected chi connectivity index (χ4v) is 2.02. The smallest absolute Gasteiger partial charge is 0.0855 e. The van der Waals surface area contributed by atoms with Crippen LogP contribution in [-0.4, -0.2) is 50.3 Å². The minimum atomic E-state index is 0.447. The second-order valence-electron chi connectivity index (χ2n) is 3.39. The number of fused-ring (bicyclic) bond motifs is 2. The highest BCUT2D eigenvalue weighted by atomic mass is 16.5. The number of hydrogen-bond acceptors (Lipinski definition) is 3. The summed E-state index contributed by atoms with van der Waals surface area (Å²) in [5, 5.41) is 3.31. The summed E-state index contributed by atoms with van der Waals surface area (Å²) in [5.74, 6) is 0. The van der Waals surface area contributed by atoms with Crippen LogP contribution in [0.5, 0.6) is 0 Å². The average molecular weight is 156 g/mol. The second kappa shape index (κ2) is 3.09. The molecule has 2 bridgehead atoms. The summed E-state index contributed by atoms with van der Waals surface area (Å²) in [5.41, 5.74) is 0. The van der Waals surface area contributed by atoms with Crippen LogP contribution in [0.3, 0.4) is 0 Å². The van der Waals surface area contributed by atoms with Gasteiger partial charge in [0.15, 0.2) is 0 Å². The molecule has 3 heteroatoms. The van der Waals surface area contributed by atoms with Crippen molar-refractivity contribution in [2.75, 3.05) is 33.3 Å². The third-order valence-electron chi connectivity index (χ3n) is 2.75. The Bertz CT molecular complexity index is 140. The van der Waals surface area contributed by atoms with E-state index in [-0.39, 0.29) is 0 Å². The van der Waals surface area contributed by atoms with E-state index in [4.69, 9.17) is 4.74 Å². The molecular weight excluding hydrogens is 140 g/mol. The molecule has 0 aromatic rings. The van der Waals surface area contributed by atoms with Gasteiger partial charge in [-0.25, -0.2) is 0 Å². The van der Waals surface area contributed by atoms with Gasteiger partial charge in [-0.15, -0.1) is 0 Å². The fraction of sp³-hybridized carbons (Fsp3) is 1.00. The van der Waals surface area contributed by atoms with Crippen LogP contribution in [0.2, 0.25) is 0 Å². The Hall–Kier alpha value is -0.120. The van der Waals surface area contributed by atoms with Gasteiger partial charge in [0.1, 0.15) is 0 Å². The highest BCUT2D eigenvalue weighted by Gasteiger charge is 2.31. The summed E-state index contributed by atoms with van der Waals surface area (Å²) in [6, 6.07) is 0.589. The first-order chi connectivity index (χ1) is 5.40. The molecule has 0 aromatic carbocycles. The minimum absolute atomic E-state index is 0.447. The third-order valence-corrected chi connectivity index (χ3v) is 2.75. The number of nitrogens with one attached hydrogen (secondary N) is 1. The lowest BCUT2D eigenvalue weighted by molar-refractivity contribution is -0.0706. The van der Waals surface area contributed by atoms with Crippen LogP contribution in [0.4, 0.5) is 0 Å². The van der Waals surface area contributed by atoms with E-state index in [2.05, 4.69) is 10.2 Å². The maximum absolute atomic E-state index is 5.65. The molecule has 1 unspecified atom stereocenters. The van der Waals surface area contributed by atoms with Gasteiger partial charge < -0.3 is 10.1 Å². The zero-order valence-corrected chi connectivity index (χ0v) is 7.05. The summed E-state index contributed by atoms with van der Waals surface area (Å²) < 4.78 is 5.65. The molecule has 2 saturated heterocycles. The molecule has 2 rings (SSSR count). The second-order valence-corrected chi connectivity index (χ2v) is 3.39. The molecule has 11 heavy (non-hydrogen) atoms. The van der Waals surface area contributed by atoms with E-state index in [0.29, 0.717) is 12.1 Å². The van der Waals surface area contributed by atoms with Crippen molar-refractivity contribution < 1.29 is 4.74 Å². The first-order valence-corrected chi connectivity index (χ1v) is 4.41. The van der Waals surface area contributed by atoms with Gasteiger partial charge in [-0.1, -0.05) is 0 Å². The van der Waals surface area contributed by atoms with E-state index < -0.39 is 0 Å². The number of nitrogens with zero attached hydrogens (tertiary/aromatic N) is 1. The molecular formula is C8H16N2O. The van der Waals surface area contributed by atoms with Crippen molar-refractivity contribution in [3.8, 4) is 0 Å². The van der Waals surface area contributed by atoms with Crippen molar-refractivity contribution >= 4 is 0 Å². The summed E-state index contributed by atoms with van der Waals surface area (Å²) in [7, 11) is 2.03. The van der Waals surface area contributed by atoms with Crippen LogP contribution in [0.1, 0.15) is 6.42 Å². The van der Waals surface area contributed by atoms with Crippen LogP contribution in [-0.2, 0) is 4.74 Å². The van der Waals surface area contributed by atoms with Gasteiger partial charge in [-0.3, -0.25) is 4.90 Å². The van der Waals surface area contributed by atoms with Crippen LogP contribution in [0, 0.1) is 0 Å². The third kappa shape index (κ3) is 1.41. The Labute approximate surface area is 67.7 Å². The number of ether oxygens (including phenoxy) is 1. The van der Waals surface area contributed by atoms with E-state index >= 15 is 0 Å². The van der Waals surface area contributed by atoms with E-state index in [1.807, 2.05) is 7.05 Å². The average Bonchev–Trinajstić information content (AvgIpc) is 2.06. The number of likely N-dealkylation sites (N-methyl/N-ethyl adjacent to an activating group) is 1. The van der Waals surface area contributed by atoms with E-state index in [1.54, 1.807) is 0 Å². The van der Waals surface area contributed by atoms with Crippen molar-refractivity contribution in [2.45, 2.75) is 18.6 Å². The van der Waals surface area contributed by atoms with Gasteiger partial charge >= 0.3 is 0 Å². The number of morpholine rings is 1. The van der Waals surface area contributed by atoms with Crippen molar-refractivity contribution in [3.05, 3.63) is 0 Å². The Morgan fingerprint density at radius 1 is 1.45 bits per heavy atom. The van der Waals surface area contributed by atoms with Gasteiger partial charge in [0, 0.05) is 19.1 Å². The first-order valence-electron chi connectivity index (χ1n) is 4.41. The lowest BCUT2D eigenvalue weighted by Gasteiger charge is -2.42. The van der Waals surface area contributed by atoms with Crippen molar-refractivity contribution in [2.24, 2.45) is 0 Å². The Kier molecular flexibility index (Phi) is 2.11. The lowest BCUT2D eigenvalue weighted by Crippen LogP contribution is -2.57. The molecule has 0 aromatic heterocycles. The van der Waals surface area contributed by atoms with Gasteiger partial charge in [0.05, 0.1) is 12.7 Å². The first kappa shape index (κ1) is 7.53. The van der Waals surface area contributed by atoms with Crippen LogP contribution < -0.4 is 5.32 Å². The quantitative estimate of drug-likeness (QED) is 0.563. The summed E-state index contributed by atoms with van der Waals surface area (Å²) in [4.78, 5) is 2.49. The van der Waals surface area contributed by atoms with E-state index in [1.165, 1.54) is 13.0 Å². The monoisotopic (exact) mass is 156 g/mol. The predicted octanol–water partition coefficient (Wildman–Crippen LogP) is -0.321. The zero-order valence-electron chi connectivity index (χ0n) is 7.05. The van der Waals surface area contributed by atoms with Gasteiger partial charge in [-0.05, 0) is 20.0 Å². The molecule has 3 atom stereocenters. The SMILES string of the molecule is CN[C@@H]1CCN2CCO[C@@H]1C2. The maximum Gasteiger partial charge on any atom is 0.0855 e. The molecule has 1 N–H and O–H groups in total. The summed E-state index contributed by atoms with van der Waals surface area (Å²) in [6.45, 7) is 4.42. The van der Waals surface area contributed by atoms with Crippen molar-refractivity contribution in [3.63, 3.8) is 0 Å². The molecule has 0 amide bonds. The normalized spacial score (nSPS) is 43.9. The van der Waals surface area contributed by atoms with E-state index in [9.17, 15) is 0 Å². The molecule has 0 aliphatic carbocycles. The van der Waals surface area contributed by atoms with Crippen LogP contribution in [0.25, 0.3) is 0 Å². The predicted molar refractivity (Wildman–Crippen MR) is 43.6 cm³/mol. The zero-order chi connectivity index (χ0) is 7.68. The van der Waals surface area contributed by atoms with Crippen LogP contribution >= 0.6 is 0 Å². The minimum Gasteiger partial charge on any atom is -0.374 e. The largest absolute Gasteiger partial charge is 0.374 e. The molecule has 0 radical (unpaired) electrons. The van der Waals surface area contributed by atoms with Gasteiger partial charge in [-0.2, -0.15) is 0 Å². The Morgan fingerprint density at radius 3 is 3.18 bits per heavy atom. The van der Waals surface area contributed by atoms with Gasteiger partial charge in [0.25, 0.3) is 0 Å². The number of rotatable bonds is 1. The molecule has 2 heterocycles. The summed E-state index contributed by atoms with van der Waals surface area (Å²) in [6.07, 6.45) is 1.68. The number of hydrogen-bond donors (Lipinski definition) is 1. The Balaban J connectivity index is 1.97.